The van der Waals surface area contributed by atoms with Gasteiger partial charge in [0.25, 0.3) is 0 Å². The van der Waals surface area contributed by atoms with Crippen LogP contribution in [-0.2, 0) is 13.6 Å². The summed E-state index contributed by atoms with van der Waals surface area (Å²) in [5.74, 6) is -0.469. The van der Waals surface area contributed by atoms with Gasteiger partial charge in [-0.25, -0.2) is 9.18 Å². The Morgan fingerprint density at radius 1 is 1.35 bits per heavy atom. The van der Waals surface area contributed by atoms with Crippen LogP contribution in [0.5, 0.6) is 0 Å². The second kappa shape index (κ2) is 4.55. The molecule has 0 aliphatic carbocycles. The average molecular weight is 236 g/mol. The van der Waals surface area contributed by atoms with Gasteiger partial charge in [-0.1, -0.05) is 18.2 Å². The van der Waals surface area contributed by atoms with Crippen LogP contribution >= 0.6 is 0 Å². The lowest BCUT2D eigenvalue weighted by Crippen LogP contribution is -2.24. The van der Waals surface area contributed by atoms with Crippen LogP contribution < -0.4 is 5.69 Å². The molecule has 0 amide bonds. The van der Waals surface area contributed by atoms with Crippen LogP contribution in [0.1, 0.15) is 11.7 Å². The molecule has 0 aliphatic rings. The van der Waals surface area contributed by atoms with E-state index in [1.165, 1.54) is 21.3 Å². The van der Waals surface area contributed by atoms with Crippen molar-refractivity contribution in [3.05, 3.63) is 58.5 Å². The zero-order valence-electron chi connectivity index (χ0n) is 9.38. The number of imidazole rings is 1. The van der Waals surface area contributed by atoms with Gasteiger partial charge in [-0.05, 0) is 6.07 Å². The summed E-state index contributed by atoms with van der Waals surface area (Å²) in [4.78, 5) is 11.5. The van der Waals surface area contributed by atoms with Gasteiger partial charge < -0.3 is 9.67 Å². The topological polar surface area (TPSA) is 47.2 Å². The normalized spacial score (nSPS) is 12.6. The van der Waals surface area contributed by atoms with Crippen molar-refractivity contribution in [2.24, 2.45) is 7.05 Å². The largest absolute Gasteiger partial charge is 0.386 e. The molecule has 1 heterocycles. The number of benzene rings is 1. The predicted molar refractivity (Wildman–Crippen MR) is 61.0 cm³/mol. The smallest absolute Gasteiger partial charge is 0.327 e. The SMILES string of the molecule is Cn1ccn(CC(O)c2ccccc2F)c1=O. The fourth-order valence-electron chi connectivity index (χ4n) is 1.68. The van der Waals surface area contributed by atoms with Crippen LogP contribution in [-0.4, -0.2) is 14.2 Å². The van der Waals surface area contributed by atoms with Gasteiger partial charge in [0.2, 0.25) is 0 Å². The van der Waals surface area contributed by atoms with Crippen LogP contribution in [0.3, 0.4) is 0 Å². The highest BCUT2D eigenvalue weighted by Gasteiger charge is 2.13. The highest BCUT2D eigenvalue weighted by atomic mass is 19.1. The van der Waals surface area contributed by atoms with Crippen molar-refractivity contribution in [3.8, 4) is 0 Å². The van der Waals surface area contributed by atoms with E-state index in [9.17, 15) is 14.3 Å². The van der Waals surface area contributed by atoms with Crippen molar-refractivity contribution in [3.63, 3.8) is 0 Å². The quantitative estimate of drug-likeness (QED) is 0.866. The van der Waals surface area contributed by atoms with Crippen LogP contribution in [0.15, 0.2) is 41.5 Å². The molecule has 0 saturated carbocycles. The molecule has 0 saturated heterocycles. The van der Waals surface area contributed by atoms with Gasteiger partial charge in [0.1, 0.15) is 5.82 Å². The van der Waals surface area contributed by atoms with Crippen molar-refractivity contribution in [1.29, 1.82) is 0 Å². The highest BCUT2D eigenvalue weighted by Crippen LogP contribution is 2.17. The first kappa shape index (κ1) is 11.6. The summed E-state index contributed by atoms with van der Waals surface area (Å²) in [6.45, 7) is 0.0423. The van der Waals surface area contributed by atoms with Crippen molar-refractivity contribution in [2.45, 2.75) is 12.6 Å². The maximum atomic E-state index is 13.4. The van der Waals surface area contributed by atoms with Gasteiger partial charge in [-0.2, -0.15) is 0 Å². The molecule has 1 aromatic carbocycles. The van der Waals surface area contributed by atoms with E-state index in [0.29, 0.717) is 0 Å². The number of aliphatic hydroxyl groups is 1. The molecule has 90 valence electrons. The molecule has 2 aromatic rings. The Kier molecular flexibility index (Phi) is 3.10. The first-order valence-electron chi connectivity index (χ1n) is 5.24. The lowest BCUT2D eigenvalue weighted by molar-refractivity contribution is 0.150. The van der Waals surface area contributed by atoms with Crippen molar-refractivity contribution in [2.75, 3.05) is 0 Å². The van der Waals surface area contributed by atoms with Gasteiger partial charge in [0.15, 0.2) is 0 Å². The Morgan fingerprint density at radius 3 is 2.65 bits per heavy atom. The summed E-state index contributed by atoms with van der Waals surface area (Å²) in [5, 5.41) is 9.88. The van der Waals surface area contributed by atoms with Gasteiger partial charge in [-0.15, -0.1) is 0 Å². The molecular formula is C12H13FN2O2. The first-order valence-corrected chi connectivity index (χ1v) is 5.24. The summed E-state index contributed by atoms with van der Waals surface area (Å²) in [6.07, 6.45) is 2.12. The van der Waals surface area contributed by atoms with E-state index in [-0.39, 0.29) is 17.8 Å². The summed E-state index contributed by atoms with van der Waals surface area (Å²) in [6, 6.07) is 6.00. The Bertz CT molecular complexity index is 574. The van der Waals surface area contributed by atoms with E-state index in [0.717, 1.165) is 0 Å². The lowest BCUT2D eigenvalue weighted by atomic mass is 10.1. The van der Waals surface area contributed by atoms with Gasteiger partial charge in [0, 0.05) is 25.0 Å². The van der Waals surface area contributed by atoms with E-state index >= 15 is 0 Å². The van der Waals surface area contributed by atoms with E-state index in [4.69, 9.17) is 0 Å². The zero-order chi connectivity index (χ0) is 12.4. The summed E-state index contributed by atoms with van der Waals surface area (Å²) >= 11 is 0. The number of aryl methyl sites for hydroxylation is 1. The minimum atomic E-state index is -1.03. The zero-order valence-corrected chi connectivity index (χ0v) is 9.38. The number of halogens is 1. The van der Waals surface area contributed by atoms with Crippen LogP contribution in [0.2, 0.25) is 0 Å². The molecule has 0 fully saturated rings. The fourth-order valence-corrected chi connectivity index (χ4v) is 1.68. The Balaban J connectivity index is 2.23. The van der Waals surface area contributed by atoms with Crippen LogP contribution in [0.25, 0.3) is 0 Å². The van der Waals surface area contributed by atoms with Gasteiger partial charge in [-0.3, -0.25) is 4.57 Å². The van der Waals surface area contributed by atoms with Crippen molar-refractivity contribution < 1.29 is 9.50 Å². The minimum Gasteiger partial charge on any atom is -0.386 e. The standard InChI is InChI=1S/C12H13FN2O2/c1-14-6-7-15(12(14)17)8-11(16)9-4-2-3-5-10(9)13/h2-7,11,16H,8H2,1H3. The molecule has 0 spiro atoms. The second-order valence-electron chi connectivity index (χ2n) is 3.88. The monoisotopic (exact) mass is 236 g/mol. The van der Waals surface area contributed by atoms with E-state index in [2.05, 4.69) is 0 Å². The van der Waals surface area contributed by atoms with E-state index in [1.807, 2.05) is 0 Å². The molecule has 0 aliphatic heterocycles. The molecule has 1 atom stereocenters. The Morgan fingerprint density at radius 2 is 2.06 bits per heavy atom. The van der Waals surface area contributed by atoms with Crippen LogP contribution in [0.4, 0.5) is 4.39 Å². The second-order valence-corrected chi connectivity index (χ2v) is 3.88. The van der Waals surface area contributed by atoms with Crippen LogP contribution in [0, 0.1) is 5.82 Å². The molecular weight excluding hydrogens is 223 g/mol. The summed E-state index contributed by atoms with van der Waals surface area (Å²) < 4.78 is 16.1. The average Bonchev–Trinajstić information content (AvgIpc) is 2.61. The fraction of sp³-hybridized carbons (Fsp3) is 0.250. The van der Waals surface area contributed by atoms with E-state index < -0.39 is 11.9 Å². The third-order valence-corrected chi connectivity index (χ3v) is 2.65. The molecule has 2 rings (SSSR count). The molecule has 1 aromatic heterocycles. The van der Waals surface area contributed by atoms with Gasteiger partial charge >= 0.3 is 5.69 Å². The summed E-state index contributed by atoms with van der Waals surface area (Å²) in [5.41, 5.74) is -0.0383. The maximum Gasteiger partial charge on any atom is 0.327 e. The number of aromatic nitrogens is 2. The van der Waals surface area contributed by atoms with Gasteiger partial charge in [0.05, 0.1) is 12.6 Å². The Hall–Kier alpha value is -1.88. The third kappa shape index (κ3) is 2.29. The predicted octanol–water partition coefficient (Wildman–Crippen LogP) is 1.06. The number of aliphatic hydroxyl groups excluding tert-OH is 1. The molecule has 0 radical (unpaired) electrons. The van der Waals surface area contributed by atoms with E-state index in [1.54, 1.807) is 31.6 Å². The third-order valence-electron chi connectivity index (χ3n) is 2.65. The number of hydrogen-bond acceptors (Lipinski definition) is 2. The molecule has 5 heteroatoms. The molecule has 4 nitrogen and oxygen atoms in total. The molecule has 17 heavy (non-hydrogen) atoms. The minimum absolute atomic E-state index is 0.0423. The highest BCUT2D eigenvalue weighted by molar-refractivity contribution is 5.19. The van der Waals surface area contributed by atoms with Crippen molar-refractivity contribution >= 4 is 0 Å². The summed E-state index contributed by atoms with van der Waals surface area (Å²) in [7, 11) is 1.62. The molecule has 1 unspecified atom stereocenters. The molecule has 1 N–H and O–H groups in total. The number of hydrogen-bond donors (Lipinski definition) is 1. The maximum absolute atomic E-state index is 13.4. The van der Waals surface area contributed by atoms with Crippen molar-refractivity contribution in [1.82, 2.24) is 9.13 Å². The lowest BCUT2D eigenvalue weighted by Gasteiger charge is -2.11. The molecule has 0 bridgehead atoms. The number of rotatable bonds is 3. The number of nitrogens with zero attached hydrogens (tertiary/aromatic N) is 2. The first-order chi connectivity index (χ1) is 8.09. The Labute approximate surface area is 97.6 Å².